The lowest BCUT2D eigenvalue weighted by Gasteiger charge is -2.03. The van der Waals surface area contributed by atoms with Gasteiger partial charge in [-0.15, -0.1) is 0 Å². The average molecular weight is 326 g/mol. The highest BCUT2D eigenvalue weighted by molar-refractivity contribution is 5.98. The Hall–Kier alpha value is -1.19. The lowest BCUT2D eigenvalue weighted by atomic mass is 10.0. The van der Waals surface area contributed by atoms with Gasteiger partial charge in [0, 0.05) is 19.3 Å². The van der Waals surface area contributed by atoms with E-state index in [4.69, 9.17) is 0 Å². The van der Waals surface area contributed by atoms with Crippen molar-refractivity contribution in [1.82, 2.24) is 0 Å². The van der Waals surface area contributed by atoms with Gasteiger partial charge in [-0.3, -0.25) is 14.4 Å². The van der Waals surface area contributed by atoms with E-state index in [0.717, 1.165) is 57.8 Å². The molecule has 0 aromatic heterocycles. The van der Waals surface area contributed by atoms with E-state index in [9.17, 15) is 14.4 Å². The zero-order valence-electron chi connectivity index (χ0n) is 15.0. The zero-order chi connectivity index (χ0) is 17.3. The number of esters is 1. The smallest absolute Gasteiger partial charge is 0.305 e. The minimum Gasteiger partial charge on any atom is -0.469 e. The van der Waals surface area contributed by atoms with Crippen LogP contribution in [0.3, 0.4) is 0 Å². The van der Waals surface area contributed by atoms with Crippen LogP contribution in [0.2, 0.25) is 0 Å². The van der Waals surface area contributed by atoms with Gasteiger partial charge in [-0.25, -0.2) is 0 Å². The summed E-state index contributed by atoms with van der Waals surface area (Å²) in [5, 5.41) is 0. The third-order valence-corrected chi connectivity index (χ3v) is 4.02. The van der Waals surface area contributed by atoms with Gasteiger partial charge in [-0.1, -0.05) is 51.9 Å². The molecule has 4 heteroatoms. The number of ketones is 2. The van der Waals surface area contributed by atoms with Gasteiger partial charge in [0.15, 0.2) is 0 Å². The van der Waals surface area contributed by atoms with Gasteiger partial charge in [0.05, 0.1) is 13.5 Å². The van der Waals surface area contributed by atoms with Crippen LogP contribution in [-0.2, 0) is 19.1 Å². The first-order chi connectivity index (χ1) is 11.1. The number of unbranched alkanes of at least 4 members (excludes halogenated alkanes) is 8. The molecule has 0 bridgehead atoms. The Kier molecular flexibility index (Phi) is 14.9. The van der Waals surface area contributed by atoms with Gasteiger partial charge in [0.25, 0.3) is 0 Å². The molecule has 0 heterocycles. The van der Waals surface area contributed by atoms with Crippen LogP contribution in [0.15, 0.2) is 0 Å². The number of Topliss-reactive ketones (excluding diaryl/α,β-unsaturated/α-hetero) is 2. The fourth-order valence-corrected chi connectivity index (χ4v) is 2.55. The van der Waals surface area contributed by atoms with Crippen molar-refractivity contribution in [2.75, 3.05) is 7.11 Å². The molecule has 0 aliphatic heterocycles. The predicted octanol–water partition coefficient (Wildman–Crippen LogP) is 4.78. The number of ether oxygens (including phenoxy) is 1. The van der Waals surface area contributed by atoms with Crippen molar-refractivity contribution in [3.8, 4) is 0 Å². The summed E-state index contributed by atoms with van der Waals surface area (Å²) in [6.07, 6.45) is 12.0. The molecule has 0 atom stereocenters. The summed E-state index contributed by atoms with van der Waals surface area (Å²) in [5.74, 6) is 0.0556. The first kappa shape index (κ1) is 21.8. The van der Waals surface area contributed by atoms with Gasteiger partial charge < -0.3 is 4.74 Å². The first-order valence-corrected chi connectivity index (χ1v) is 9.20. The molecule has 0 radical (unpaired) electrons. The third kappa shape index (κ3) is 15.5. The summed E-state index contributed by atoms with van der Waals surface area (Å²) < 4.78 is 4.59. The highest BCUT2D eigenvalue weighted by Gasteiger charge is 2.09. The quantitative estimate of drug-likeness (QED) is 0.233. The van der Waals surface area contributed by atoms with Crippen LogP contribution in [0.25, 0.3) is 0 Å². The Morgan fingerprint density at radius 3 is 1.57 bits per heavy atom. The minimum absolute atomic E-state index is 0.0937. The second-order valence-electron chi connectivity index (χ2n) is 6.26. The summed E-state index contributed by atoms with van der Waals surface area (Å²) in [6, 6.07) is 0. The van der Waals surface area contributed by atoms with Crippen LogP contribution in [0, 0.1) is 0 Å². The topological polar surface area (TPSA) is 60.4 Å². The summed E-state index contributed by atoms with van der Waals surface area (Å²) in [7, 11) is 1.41. The molecular formula is C19H34O4. The second kappa shape index (κ2) is 15.7. The molecule has 0 aromatic rings. The summed E-state index contributed by atoms with van der Waals surface area (Å²) in [4.78, 5) is 34.3. The van der Waals surface area contributed by atoms with E-state index in [2.05, 4.69) is 11.7 Å². The summed E-state index contributed by atoms with van der Waals surface area (Å²) in [6.45, 7) is 2.14. The fourth-order valence-electron chi connectivity index (χ4n) is 2.55. The van der Waals surface area contributed by atoms with Gasteiger partial charge in [0.1, 0.15) is 11.6 Å². The Morgan fingerprint density at radius 1 is 0.652 bits per heavy atom. The number of methoxy groups -OCH3 is 1. The maximum absolute atomic E-state index is 11.7. The van der Waals surface area contributed by atoms with E-state index in [0.29, 0.717) is 19.3 Å². The van der Waals surface area contributed by atoms with Crippen LogP contribution in [0.5, 0.6) is 0 Å². The first-order valence-electron chi connectivity index (χ1n) is 9.20. The van der Waals surface area contributed by atoms with Gasteiger partial charge in [-0.05, 0) is 19.3 Å². The molecule has 23 heavy (non-hydrogen) atoms. The third-order valence-electron chi connectivity index (χ3n) is 4.02. The molecule has 0 aliphatic rings. The zero-order valence-corrected chi connectivity index (χ0v) is 15.0. The standard InChI is InChI=1S/C19H34O4/c1-3-4-5-10-13-17(20)16-18(21)14-11-8-6-7-9-12-15-19(22)23-2/h3-16H2,1-2H3. The Morgan fingerprint density at radius 2 is 1.09 bits per heavy atom. The SMILES string of the molecule is CCCCCCC(=O)CC(=O)CCCCCCCCC(=O)OC. The molecule has 0 fully saturated rings. The minimum atomic E-state index is -0.144. The molecule has 0 amide bonds. The van der Waals surface area contributed by atoms with E-state index in [1.165, 1.54) is 13.5 Å². The monoisotopic (exact) mass is 326 g/mol. The second-order valence-corrected chi connectivity index (χ2v) is 6.26. The van der Waals surface area contributed by atoms with Crippen molar-refractivity contribution in [3.05, 3.63) is 0 Å². The summed E-state index contributed by atoms with van der Waals surface area (Å²) >= 11 is 0. The van der Waals surface area contributed by atoms with Crippen molar-refractivity contribution in [2.45, 2.75) is 96.8 Å². The molecule has 134 valence electrons. The van der Waals surface area contributed by atoms with Crippen LogP contribution >= 0.6 is 0 Å². The number of hydrogen-bond acceptors (Lipinski definition) is 4. The molecule has 0 aromatic carbocycles. The fraction of sp³-hybridized carbons (Fsp3) is 0.842. The molecular weight excluding hydrogens is 292 g/mol. The molecule has 0 unspecified atom stereocenters. The maximum Gasteiger partial charge on any atom is 0.305 e. The van der Waals surface area contributed by atoms with Crippen molar-refractivity contribution in [2.24, 2.45) is 0 Å². The predicted molar refractivity (Wildman–Crippen MR) is 92.3 cm³/mol. The van der Waals surface area contributed by atoms with Gasteiger partial charge >= 0.3 is 5.97 Å². The number of carbonyl (C=O) groups excluding carboxylic acids is 3. The highest BCUT2D eigenvalue weighted by atomic mass is 16.5. The van der Waals surface area contributed by atoms with E-state index >= 15 is 0 Å². The van der Waals surface area contributed by atoms with E-state index in [1.807, 2.05) is 0 Å². The lowest BCUT2D eigenvalue weighted by Crippen LogP contribution is -2.07. The maximum atomic E-state index is 11.7. The van der Waals surface area contributed by atoms with Gasteiger partial charge in [-0.2, -0.15) is 0 Å². The average Bonchev–Trinajstić information content (AvgIpc) is 2.53. The normalized spacial score (nSPS) is 10.5. The molecule has 0 saturated carbocycles. The van der Waals surface area contributed by atoms with Crippen LogP contribution in [-0.4, -0.2) is 24.6 Å². The van der Waals surface area contributed by atoms with E-state index in [1.54, 1.807) is 0 Å². The van der Waals surface area contributed by atoms with Crippen molar-refractivity contribution >= 4 is 17.5 Å². The molecule has 0 rings (SSSR count). The van der Waals surface area contributed by atoms with Crippen molar-refractivity contribution < 1.29 is 19.1 Å². The molecule has 0 N–H and O–H groups in total. The highest BCUT2D eigenvalue weighted by Crippen LogP contribution is 2.11. The largest absolute Gasteiger partial charge is 0.469 e. The van der Waals surface area contributed by atoms with Crippen molar-refractivity contribution in [1.29, 1.82) is 0 Å². The number of carbonyl (C=O) groups is 3. The molecule has 0 aliphatic carbocycles. The van der Waals surface area contributed by atoms with Crippen LogP contribution < -0.4 is 0 Å². The van der Waals surface area contributed by atoms with Crippen LogP contribution in [0.1, 0.15) is 96.8 Å². The Balaban J connectivity index is 3.39. The summed E-state index contributed by atoms with van der Waals surface area (Å²) in [5.41, 5.74) is 0. The van der Waals surface area contributed by atoms with Crippen molar-refractivity contribution in [3.63, 3.8) is 0 Å². The Labute approximate surface area is 141 Å². The molecule has 4 nitrogen and oxygen atoms in total. The van der Waals surface area contributed by atoms with Gasteiger partial charge in [0.2, 0.25) is 0 Å². The molecule has 0 saturated heterocycles. The number of rotatable bonds is 16. The van der Waals surface area contributed by atoms with E-state index in [-0.39, 0.29) is 24.0 Å². The Bertz CT molecular complexity index is 336. The number of hydrogen-bond donors (Lipinski definition) is 0. The lowest BCUT2D eigenvalue weighted by molar-refractivity contribution is -0.140. The molecule has 0 spiro atoms. The van der Waals surface area contributed by atoms with Crippen LogP contribution in [0.4, 0.5) is 0 Å². The van der Waals surface area contributed by atoms with E-state index < -0.39 is 0 Å².